The van der Waals surface area contributed by atoms with Gasteiger partial charge in [-0.15, -0.1) is 0 Å². The third-order valence-electron chi connectivity index (χ3n) is 3.67. The fourth-order valence-corrected chi connectivity index (χ4v) is 2.58. The fourth-order valence-electron chi connectivity index (χ4n) is 2.08. The van der Waals surface area contributed by atoms with Crippen molar-refractivity contribution in [2.45, 2.75) is 26.8 Å². The van der Waals surface area contributed by atoms with Gasteiger partial charge in [-0.05, 0) is 34.8 Å². The second-order valence-electron chi connectivity index (χ2n) is 5.77. The first-order valence-corrected chi connectivity index (χ1v) is 8.87. The number of carbonyl (C=O) groups excluding carboxylic acids is 2. The summed E-state index contributed by atoms with van der Waals surface area (Å²) in [5.41, 5.74) is -0.661. The van der Waals surface area contributed by atoms with Crippen LogP contribution in [-0.4, -0.2) is 43.2 Å². The van der Waals surface area contributed by atoms with Gasteiger partial charge in [-0.3, -0.25) is 4.79 Å². The molecule has 0 spiro atoms. The Kier molecular flexibility index (Phi) is 8.74. The van der Waals surface area contributed by atoms with Crippen molar-refractivity contribution in [3.63, 3.8) is 0 Å². The van der Waals surface area contributed by atoms with Crippen LogP contribution >= 0.6 is 15.9 Å². The van der Waals surface area contributed by atoms with Crippen LogP contribution in [0.1, 0.15) is 31.1 Å². The van der Waals surface area contributed by atoms with Crippen LogP contribution in [0.3, 0.4) is 0 Å². The minimum atomic E-state index is -0.878. The number of esters is 1. The van der Waals surface area contributed by atoms with Crippen LogP contribution in [0, 0.1) is 11.7 Å². The van der Waals surface area contributed by atoms with E-state index >= 15 is 0 Å². The Bertz CT molecular complexity index is 690. The van der Waals surface area contributed by atoms with Gasteiger partial charge < -0.3 is 19.9 Å². The number of methoxy groups -OCH3 is 1. The van der Waals surface area contributed by atoms with Gasteiger partial charge in [0.05, 0.1) is 36.4 Å². The minimum Gasteiger partial charge on any atom is -0.495 e. The maximum Gasteiger partial charge on any atom is 0.343 e. The minimum absolute atomic E-state index is 0.0432. The van der Waals surface area contributed by atoms with E-state index in [1.54, 1.807) is 6.92 Å². The highest BCUT2D eigenvalue weighted by Gasteiger charge is 2.25. The van der Waals surface area contributed by atoms with Crippen LogP contribution in [0.5, 0.6) is 5.75 Å². The fraction of sp³-hybridized carbons (Fsp3) is 0.444. The first-order chi connectivity index (χ1) is 12.3. The molecule has 144 valence electrons. The van der Waals surface area contributed by atoms with Gasteiger partial charge in [-0.2, -0.15) is 0 Å². The van der Waals surface area contributed by atoms with Crippen molar-refractivity contribution in [1.29, 1.82) is 0 Å². The average Bonchev–Trinajstić information content (AvgIpc) is 2.59. The van der Waals surface area contributed by atoms with E-state index in [1.165, 1.54) is 19.4 Å². The molecule has 6 nitrogen and oxygen atoms in total. The van der Waals surface area contributed by atoms with E-state index in [9.17, 15) is 19.1 Å². The molecule has 8 heteroatoms. The third-order valence-corrected chi connectivity index (χ3v) is 4.29. The van der Waals surface area contributed by atoms with Gasteiger partial charge in [0.25, 0.3) is 0 Å². The zero-order chi connectivity index (χ0) is 19.9. The summed E-state index contributed by atoms with van der Waals surface area (Å²) in [5.74, 6) is -2.28. The van der Waals surface area contributed by atoms with E-state index in [-0.39, 0.29) is 42.1 Å². The highest BCUT2D eigenvalue weighted by Crippen LogP contribution is 2.29. The first-order valence-electron chi connectivity index (χ1n) is 8.08. The molecule has 0 unspecified atom stereocenters. The maximum absolute atomic E-state index is 14.3. The molecule has 26 heavy (non-hydrogen) atoms. The summed E-state index contributed by atoms with van der Waals surface area (Å²) < 4.78 is 24.6. The Morgan fingerprint density at radius 2 is 2.04 bits per heavy atom. The zero-order valence-corrected chi connectivity index (χ0v) is 16.7. The van der Waals surface area contributed by atoms with Crippen LogP contribution in [0.15, 0.2) is 28.4 Å². The summed E-state index contributed by atoms with van der Waals surface area (Å²) >= 11 is 3.19. The lowest BCUT2D eigenvalue weighted by Crippen LogP contribution is -2.34. The monoisotopic (exact) mass is 431 g/mol. The Morgan fingerprint density at radius 3 is 2.54 bits per heavy atom. The van der Waals surface area contributed by atoms with Crippen LogP contribution in [0.25, 0.3) is 0 Å². The van der Waals surface area contributed by atoms with E-state index in [0.29, 0.717) is 4.47 Å². The lowest BCUT2D eigenvalue weighted by molar-refractivity contribution is -0.138. The molecule has 1 atom stereocenters. The van der Waals surface area contributed by atoms with E-state index in [0.717, 1.165) is 6.07 Å². The molecule has 0 bridgehead atoms. The number of nitrogens with one attached hydrogen (secondary N) is 1. The number of aliphatic hydroxyl groups excluding tert-OH is 1. The second kappa shape index (κ2) is 10.3. The van der Waals surface area contributed by atoms with Gasteiger partial charge in [0.1, 0.15) is 17.1 Å². The van der Waals surface area contributed by atoms with Crippen molar-refractivity contribution in [2.24, 2.45) is 5.92 Å². The van der Waals surface area contributed by atoms with E-state index in [2.05, 4.69) is 21.2 Å². The number of aliphatic hydroxyl groups is 1. The first kappa shape index (κ1) is 22.1. The molecule has 0 aliphatic rings. The number of hydrogen-bond acceptors (Lipinski definition) is 6. The summed E-state index contributed by atoms with van der Waals surface area (Å²) in [6.07, 6.45) is 1.17. The molecule has 0 saturated heterocycles. The highest BCUT2D eigenvalue weighted by molar-refractivity contribution is 9.10. The Labute approximate surface area is 160 Å². The number of ketones is 1. The average molecular weight is 432 g/mol. The molecule has 1 rings (SSSR count). The largest absolute Gasteiger partial charge is 0.495 e. The van der Waals surface area contributed by atoms with Crippen molar-refractivity contribution in [3.05, 3.63) is 39.8 Å². The van der Waals surface area contributed by atoms with E-state index in [1.807, 2.05) is 13.8 Å². The molecule has 0 radical (unpaired) electrons. The summed E-state index contributed by atoms with van der Waals surface area (Å²) in [4.78, 5) is 24.9. The van der Waals surface area contributed by atoms with Crippen LogP contribution in [-0.2, 0) is 9.53 Å². The van der Waals surface area contributed by atoms with E-state index in [4.69, 9.17) is 9.47 Å². The molecular weight excluding hydrogens is 409 g/mol. The molecule has 1 aromatic carbocycles. The summed E-state index contributed by atoms with van der Waals surface area (Å²) in [6, 6.07) is 1.92. The summed E-state index contributed by atoms with van der Waals surface area (Å²) in [5, 5.41) is 12.2. The molecule has 1 aromatic rings. The normalized spacial score (nSPS) is 12.7. The van der Waals surface area contributed by atoms with Crippen LogP contribution in [0.2, 0.25) is 0 Å². The molecule has 2 N–H and O–H groups in total. The molecule has 0 aliphatic carbocycles. The highest BCUT2D eigenvalue weighted by atomic mass is 79.9. The van der Waals surface area contributed by atoms with Crippen molar-refractivity contribution in [1.82, 2.24) is 5.32 Å². The Morgan fingerprint density at radius 1 is 1.38 bits per heavy atom. The number of Topliss-reactive ketones (excluding diaryl/α,β-unsaturated/α-hetero) is 1. The summed E-state index contributed by atoms with van der Waals surface area (Å²) in [7, 11) is 1.37. The second-order valence-corrected chi connectivity index (χ2v) is 6.63. The van der Waals surface area contributed by atoms with Gasteiger partial charge in [-0.25, -0.2) is 9.18 Å². The van der Waals surface area contributed by atoms with Gasteiger partial charge in [0.2, 0.25) is 5.78 Å². The number of hydrogen-bond donors (Lipinski definition) is 2. The molecule has 0 aromatic heterocycles. The summed E-state index contributed by atoms with van der Waals surface area (Å²) in [6.45, 7) is 5.21. The Balaban J connectivity index is 3.28. The third kappa shape index (κ3) is 5.54. The van der Waals surface area contributed by atoms with Crippen LogP contribution < -0.4 is 10.1 Å². The number of carbonyl (C=O) groups is 2. The van der Waals surface area contributed by atoms with E-state index < -0.39 is 17.6 Å². The topological polar surface area (TPSA) is 84.9 Å². The lowest BCUT2D eigenvalue weighted by atomic mass is 10.0. The van der Waals surface area contributed by atoms with Gasteiger partial charge in [0.15, 0.2) is 0 Å². The van der Waals surface area contributed by atoms with Gasteiger partial charge in [0, 0.05) is 12.3 Å². The quantitative estimate of drug-likeness (QED) is 0.205. The standard InChI is InChI=1S/C18H23BrFNO5/c1-5-26-18(24)12(8-21-15(9-22)10(2)3)17(23)11-6-13(19)16(25-4)7-14(11)20/h6-8,10,15,21-22H,5,9H2,1-4H3/t15-/m1/s1. The number of ether oxygens (including phenoxy) is 2. The van der Waals surface area contributed by atoms with Crippen molar-refractivity contribution >= 4 is 27.7 Å². The molecule has 0 amide bonds. The van der Waals surface area contributed by atoms with Gasteiger partial charge in [-0.1, -0.05) is 13.8 Å². The molecule has 0 aliphatic heterocycles. The van der Waals surface area contributed by atoms with Crippen molar-refractivity contribution < 1.29 is 28.6 Å². The molecular formula is C18H23BrFNO5. The smallest absolute Gasteiger partial charge is 0.343 e. The van der Waals surface area contributed by atoms with Crippen molar-refractivity contribution in [2.75, 3.05) is 20.3 Å². The maximum atomic E-state index is 14.3. The molecule has 0 saturated carbocycles. The van der Waals surface area contributed by atoms with Crippen LogP contribution in [0.4, 0.5) is 4.39 Å². The van der Waals surface area contributed by atoms with Crippen molar-refractivity contribution in [3.8, 4) is 5.75 Å². The molecule has 0 fully saturated rings. The number of benzene rings is 1. The number of rotatable bonds is 9. The zero-order valence-electron chi connectivity index (χ0n) is 15.1. The van der Waals surface area contributed by atoms with Gasteiger partial charge >= 0.3 is 5.97 Å². The molecule has 0 heterocycles. The number of halogens is 2. The predicted molar refractivity (Wildman–Crippen MR) is 98.5 cm³/mol. The SMILES string of the molecule is CCOC(=O)C(=CN[C@H](CO)C(C)C)C(=O)c1cc(Br)c(OC)cc1F. The Hall–Kier alpha value is -1.93. The lowest BCUT2D eigenvalue weighted by Gasteiger charge is -2.19. The predicted octanol–water partition coefficient (Wildman–Crippen LogP) is 2.83.